The molecule has 0 saturated carbocycles. The fraction of sp³-hybridized carbons (Fsp3) is 0.333. The van der Waals surface area contributed by atoms with Gasteiger partial charge in [-0.05, 0) is 43.0 Å². The maximum atomic E-state index is 12.4. The molecule has 2 amide bonds. The summed E-state index contributed by atoms with van der Waals surface area (Å²) < 4.78 is 0. The van der Waals surface area contributed by atoms with Crippen LogP contribution in [-0.4, -0.2) is 18.4 Å². The number of hydrogen-bond acceptors (Lipinski definition) is 2. The lowest BCUT2D eigenvalue weighted by Gasteiger charge is -2.13. The monoisotopic (exact) mass is 338 g/mol. The number of carbonyl (C=O) groups excluding carboxylic acids is 2. The molecule has 4 nitrogen and oxygen atoms in total. The van der Waals surface area contributed by atoms with Crippen molar-refractivity contribution < 1.29 is 9.59 Å². The van der Waals surface area contributed by atoms with Crippen LogP contribution in [-0.2, 0) is 11.2 Å². The van der Waals surface area contributed by atoms with Crippen LogP contribution >= 0.6 is 0 Å². The van der Waals surface area contributed by atoms with Crippen molar-refractivity contribution in [1.29, 1.82) is 0 Å². The second-order valence-electron chi connectivity index (χ2n) is 6.80. The van der Waals surface area contributed by atoms with Gasteiger partial charge in [0.2, 0.25) is 5.91 Å². The molecule has 0 unspecified atom stereocenters. The lowest BCUT2D eigenvalue weighted by Crippen LogP contribution is -2.28. The molecule has 2 N–H and O–H groups in total. The summed E-state index contributed by atoms with van der Waals surface area (Å²) in [6, 6.07) is 13.2. The van der Waals surface area contributed by atoms with Gasteiger partial charge in [0.05, 0.1) is 17.7 Å². The lowest BCUT2D eigenvalue weighted by molar-refractivity contribution is -0.115. The summed E-state index contributed by atoms with van der Waals surface area (Å²) in [6.07, 6.45) is 0.287. The molecule has 0 spiro atoms. The fourth-order valence-corrected chi connectivity index (χ4v) is 2.54. The number of nitrogens with one attached hydrogen (secondary N) is 2. The highest BCUT2D eigenvalue weighted by molar-refractivity contribution is 6.04. The predicted molar refractivity (Wildman–Crippen MR) is 102 cm³/mol. The van der Waals surface area contributed by atoms with Gasteiger partial charge in [-0.1, -0.05) is 49.7 Å². The Morgan fingerprint density at radius 3 is 2.48 bits per heavy atom. The van der Waals surface area contributed by atoms with E-state index in [1.54, 1.807) is 18.2 Å². The van der Waals surface area contributed by atoms with Crippen LogP contribution in [0, 0.1) is 19.8 Å². The first kappa shape index (κ1) is 18.7. The third kappa shape index (κ3) is 5.45. The largest absolute Gasteiger partial charge is 0.352 e. The van der Waals surface area contributed by atoms with Crippen molar-refractivity contribution in [3.8, 4) is 0 Å². The highest BCUT2D eigenvalue weighted by Crippen LogP contribution is 2.17. The molecule has 25 heavy (non-hydrogen) atoms. The van der Waals surface area contributed by atoms with E-state index in [1.807, 2.05) is 52.0 Å². The van der Waals surface area contributed by atoms with Crippen molar-refractivity contribution in [3.63, 3.8) is 0 Å². The van der Waals surface area contributed by atoms with Gasteiger partial charge in [-0.25, -0.2) is 0 Å². The van der Waals surface area contributed by atoms with Gasteiger partial charge < -0.3 is 10.6 Å². The van der Waals surface area contributed by atoms with Crippen LogP contribution in [0.4, 0.5) is 5.69 Å². The number of anilines is 1. The lowest BCUT2D eigenvalue weighted by atomic mass is 10.0. The topological polar surface area (TPSA) is 58.2 Å². The third-order valence-corrected chi connectivity index (χ3v) is 3.97. The smallest absolute Gasteiger partial charge is 0.253 e. The highest BCUT2D eigenvalue weighted by Gasteiger charge is 2.14. The zero-order valence-electron chi connectivity index (χ0n) is 15.3. The van der Waals surface area contributed by atoms with E-state index in [1.165, 1.54) is 0 Å². The van der Waals surface area contributed by atoms with Gasteiger partial charge >= 0.3 is 0 Å². The van der Waals surface area contributed by atoms with Crippen molar-refractivity contribution >= 4 is 17.5 Å². The van der Waals surface area contributed by atoms with Gasteiger partial charge in [0.15, 0.2) is 0 Å². The minimum atomic E-state index is -0.170. The first-order valence-corrected chi connectivity index (χ1v) is 8.60. The van der Waals surface area contributed by atoms with Crippen molar-refractivity contribution in [3.05, 3.63) is 64.7 Å². The normalized spacial score (nSPS) is 10.6. The molecule has 0 saturated heterocycles. The third-order valence-electron chi connectivity index (χ3n) is 3.97. The average molecular weight is 338 g/mol. The maximum absolute atomic E-state index is 12.4. The standard InChI is InChI=1S/C21H26N2O2/c1-14(2)13-22-21(25)18-7-5-6-8-19(18)23-20(24)12-17-11-15(3)9-10-16(17)4/h5-11,14H,12-13H2,1-4H3,(H,22,25)(H,23,24). The van der Waals surface area contributed by atoms with Crippen LogP contribution in [0.3, 0.4) is 0 Å². The van der Waals surface area contributed by atoms with Crippen molar-refractivity contribution in [2.75, 3.05) is 11.9 Å². The Balaban J connectivity index is 2.10. The summed E-state index contributed by atoms with van der Waals surface area (Å²) in [7, 11) is 0. The van der Waals surface area contributed by atoms with Crippen LogP contribution in [0.25, 0.3) is 0 Å². The maximum Gasteiger partial charge on any atom is 0.253 e. The molecule has 0 aliphatic heterocycles. The summed E-state index contributed by atoms with van der Waals surface area (Å²) >= 11 is 0. The molecule has 0 heterocycles. The molecule has 4 heteroatoms. The van der Waals surface area contributed by atoms with Gasteiger partial charge in [0.1, 0.15) is 0 Å². The summed E-state index contributed by atoms with van der Waals surface area (Å²) in [5.41, 5.74) is 4.24. The number of carbonyl (C=O) groups is 2. The molecule has 0 atom stereocenters. The summed E-state index contributed by atoms with van der Waals surface area (Å²) in [5, 5.41) is 5.76. The Morgan fingerprint density at radius 1 is 1.04 bits per heavy atom. The Bertz CT molecular complexity index is 766. The van der Waals surface area contributed by atoms with Crippen LogP contribution in [0.5, 0.6) is 0 Å². The number of para-hydroxylation sites is 1. The predicted octanol–water partition coefficient (Wildman–Crippen LogP) is 3.87. The molecule has 0 aromatic heterocycles. The first-order chi connectivity index (χ1) is 11.9. The molecule has 2 rings (SSSR count). The Labute approximate surface area is 149 Å². The molecule has 2 aromatic rings. The quantitative estimate of drug-likeness (QED) is 0.840. The molecule has 0 bridgehead atoms. The molecule has 0 aliphatic carbocycles. The number of benzene rings is 2. The van der Waals surface area contributed by atoms with E-state index < -0.39 is 0 Å². The number of amides is 2. The zero-order chi connectivity index (χ0) is 18.4. The van der Waals surface area contributed by atoms with E-state index in [0.29, 0.717) is 23.7 Å². The molecule has 2 aromatic carbocycles. The number of hydrogen-bond donors (Lipinski definition) is 2. The molecular formula is C21H26N2O2. The highest BCUT2D eigenvalue weighted by atomic mass is 16.2. The number of rotatable bonds is 6. The van der Waals surface area contributed by atoms with E-state index >= 15 is 0 Å². The minimum absolute atomic E-state index is 0.127. The fourth-order valence-electron chi connectivity index (χ4n) is 2.54. The summed E-state index contributed by atoms with van der Waals surface area (Å²) in [5.74, 6) is 0.0733. The number of aryl methyl sites for hydroxylation is 2. The Kier molecular flexibility index (Phi) is 6.34. The summed E-state index contributed by atoms with van der Waals surface area (Å²) in [4.78, 5) is 24.8. The van der Waals surface area contributed by atoms with E-state index in [2.05, 4.69) is 10.6 Å². The minimum Gasteiger partial charge on any atom is -0.352 e. The van der Waals surface area contributed by atoms with Crippen LogP contribution < -0.4 is 10.6 Å². The summed E-state index contributed by atoms with van der Waals surface area (Å²) in [6.45, 7) is 8.68. The molecule has 132 valence electrons. The van der Waals surface area contributed by atoms with Crippen molar-refractivity contribution in [2.24, 2.45) is 5.92 Å². The van der Waals surface area contributed by atoms with Crippen molar-refractivity contribution in [1.82, 2.24) is 5.32 Å². The molecule has 0 fully saturated rings. The second kappa shape index (κ2) is 8.47. The zero-order valence-corrected chi connectivity index (χ0v) is 15.3. The van der Waals surface area contributed by atoms with Crippen molar-refractivity contribution in [2.45, 2.75) is 34.1 Å². The van der Waals surface area contributed by atoms with Gasteiger partial charge in [-0.15, -0.1) is 0 Å². The molecular weight excluding hydrogens is 312 g/mol. The van der Waals surface area contributed by atoms with E-state index in [9.17, 15) is 9.59 Å². The van der Waals surface area contributed by atoms with Gasteiger partial charge in [-0.3, -0.25) is 9.59 Å². The Morgan fingerprint density at radius 2 is 1.76 bits per heavy atom. The molecule has 0 aliphatic rings. The van der Waals surface area contributed by atoms with Gasteiger partial charge in [0, 0.05) is 6.54 Å². The van der Waals surface area contributed by atoms with Gasteiger partial charge in [0.25, 0.3) is 5.91 Å². The van der Waals surface area contributed by atoms with E-state index in [4.69, 9.17) is 0 Å². The molecule has 0 radical (unpaired) electrons. The second-order valence-corrected chi connectivity index (χ2v) is 6.80. The van der Waals surface area contributed by atoms with E-state index in [0.717, 1.165) is 16.7 Å². The Hall–Kier alpha value is -2.62. The van der Waals surface area contributed by atoms with Gasteiger partial charge in [-0.2, -0.15) is 0 Å². The SMILES string of the molecule is Cc1ccc(C)c(CC(=O)Nc2ccccc2C(=O)NCC(C)C)c1. The van der Waals surface area contributed by atoms with Crippen LogP contribution in [0.2, 0.25) is 0 Å². The van der Waals surface area contributed by atoms with Crippen LogP contribution in [0.15, 0.2) is 42.5 Å². The van der Waals surface area contributed by atoms with Crippen LogP contribution in [0.1, 0.15) is 40.9 Å². The first-order valence-electron chi connectivity index (χ1n) is 8.60. The van der Waals surface area contributed by atoms with E-state index in [-0.39, 0.29) is 18.2 Å². The average Bonchev–Trinajstić information content (AvgIpc) is 2.56.